The molecule has 6 heteroatoms. The van der Waals surface area contributed by atoms with Crippen LogP contribution in [0.4, 0.5) is 0 Å². The molecule has 0 aliphatic rings. The van der Waals surface area contributed by atoms with Crippen LogP contribution in [0.15, 0.2) is 240 Å². The maximum absolute atomic E-state index is 6.98. The third-order valence-corrected chi connectivity index (χ3v) is 13.4. The molecule has 0 spiro atoms. The van der Waals surface area contributed by atoms with E-state index < -0.39 is 0 Å². The quantitative estimate of drug-likeness (QED) is 0.135. The SMILES string of the molecule is C=C/C=C\C(=C/C)c1ccc2c(c1)c1ccccc1n2-c1ccc(-c2cccc3c2oc2cccc(-c4cccc(-c5nc(-c6ccccc6)nc(-c6ccccc6)n5)c4)c23)c2c1oc1ccccc12. The van der Waals surface area contributed by atoms with Crippen molar-refractivity contribution in [1.82, 2.24) is 19.5 Å². The van der Waals surface area contributed by atoms with Gasteiger partial charge in [0.15, 0.2) is 23.1 Å². The van der Waals surface area contributed by atoms with Crippen molar-refractivity contribution in [2.45, 2.75) is 6.92 Å². The summed E-state index contributed by atoms with van der Waals surface area (Å²) in [7, 11) is 0. The van der Waals surface area contributed by atoms with Gasteiger partial charge in [-0.25, -0.2) is 15.0 Å². The van der Waals surface area contributed by atoms with E-state index in [1.807, 2.05) is 78.9 Å². The number of fused-ring (bicyclic) bond motifs is 9. The minimum Gasteiger partial charge on any atom is -0.455 e. The van der Waals surface area contributed by atoms with Crippen molar-refractivity contribution in [1.29, 1.82) is 0 Å². The summed E-state index contributed by atoms with van der Waals surface area (Å²) in [6.45, 7) is 5.96. The lowest BCUT2D eigenvalue weighted by atomic mass is 9.94. The Balaban J connectivity index is 0.973. The molecule has 70 heavy (non-hydrogen) atoms. The highest BCUT2D eigenvalue weighted by atomic mass is 16.3. The predicted octanol–water partition coefficient (Wildman–Crippen LogP) is 17.2. The van der Waals surface area contributed by atoms with Crippen molar-refractivity contribution < 1.29 is 8.83 Å². The van der Waals surface area contributed by atoms with Crippen molar-refractivity contribution in [3.8, 4) is 62.1 Å². The van der Waals surface area contributed by atoms with E-state index in [4.69, 9.17) is 23.8 Å². The molecule has 0 saturated carbocycles. The Hall–Kier alpha value is -9.39. The molecule has 0 amide bonds. The fourth-order valence-corrected chi connectivity index (χ4v) is 10.2. The normalized spacial score (nSPS) is 12.2. The summed E-state index contributed by atoms with van der Waals surface area (Å²) in [5, 5.41) is 6.48. The number of rotatable bonds is 9. The molecular formula is C64H42N4O2. The summed E-state index contributed by atoms with van der Waals surface area (Å²) in [6.07, 6.45) is 8.03. The minimum absolute atomic E-state index is 0.603. The number of allylic oxidation sites excluding steroid dienone is 5. The first-order chi connectivity index (χ1) is 34.6. The molecule has 6 nitrogen and oxygen atoms in total. The van der Waals surface area contributed by atoms with Gasteiger partial charge in [0, 0.05) is 54.6 Å². The maximum atomic E-state index is 6.98. The molecule has 0 fully saturated rings. The van der Waals surface area contributed by atoms with Crippen LogP contribution in [0.5, 0.6) is 0 Å². The van der Waals surface area contributed by atoms with E-state index in [1.54, 1.807) is 0 Å². The lowest BCUT2D eigenvalue weighted by Crippen LogP contribution is -2.00. The number of nitrogens with zero attached hydrogens (tertiary/aromatic N) is 4. The van der Waals surface area contributed by atoms with Crippen LogP contribution in [0.1, 0.15) is 12.5 Å². The topological polar surface area (TPSA) is 69.9 Å². The Bertz CT molecular complexity index is 4210. The van der Waals surface area contributed by atoms with Crippen molar-refractivity contribution in [2.24, 2.45) is 0 Å². The molecule has 330 valence electrons. The average molecular weight is 899 g/mol. The Kier molecular flexibility index (Phi) is 9.77. The van der Waals surface area contributed by atoms with Gasteiger partial charge in [0.2, 0.25) is 0 Å². The number of para-hydroxylation sites is 3. The Labute approximate surface area is 403 Å². The molecule has 0 unspecified atom stereocenters. The second kappa shape index (κ2) is 16.7. The largest absolute Gasteiger partial charge is 0.455 e. The molecule has 0 N–H and O–H groups in total. The van der Waals surface area contributed by atoms with Crippen LogP contribution in [-0.2, 0) is 0 Å². The smallest absolute Gasteiger partial charge is 0.164 e. The lowest BCUT2D eigenvalue weighted by molar-refractivity contribution is 0.666. The highest BCUT2D eigenvalue weighted by Crippen LogP contribution is 2.47. The monoisotopic (exact) mass is 898 g/mol. The van der Waals surface area contributed by atoms with Crippen LogP contribution in [-0.4, -0.2) is 19.5 Å². The first-order valence-corrected chi connectivity index (χ1v) is 23.5. The molecular weight excluding hydrogens is 857 g/mol. The number of furan rings is 2. The fraction of sp³-hybridized carbons (Fsp3) is 0.0156. The van der Waals surface area contributed by atoms with Gasteiger partial charge in [0.05, 0.1) is 16.7 Å². The lowest BCUT2D eigenvalue weighted by Gasteiger charge is -2.12. The van der Waals surface area contributed by atoms with Gasteiger partial charge in [-0.3, -0.25) is 0 Å². The van der Waals surface area contributed by atoms with Gasteiger partial charge in [-0.1, -0.05) is 189 Å². The number of aromatic nitrogens is 4. The zero-order valence-electron chi connectivity index (χ0n) is 38.2. The van der Waals surface area contributed by atoms with Gasteiger partial charge in [-0.05, 0) is 77.2 Å². The molecule has 0 radical (unpaired) electrons. The third-order valence-electron chi connectivity index (χ3n) is 13.4. The third kappa shape index (κ3) is 6.68. The highest BCUT2D eigenvalue weighted by molar-refractivity contribution is 6.21. The van der Waals surface area contributed by atoms with Gasteiger partial charge in [-0.2, -0.15) is 0 Å². The Morgan fingerprint density at radius 2 is 1.06 bits per heavy atom. The second-order valence-electron chi connectivity index (χ2n) is 17.4. The van der Waals surface area contributed by atoms with Crippen molar-refractivity contribution in [3.05, 3.63) is 237 Å². The van der Waals surface area contributed by atoms with E-state index in [2.05, 4.69) is 164 Å². The molecule has 9 aromatic carbocycles. The molecule has 0 aliphatic carbocycles. The zero-order chi connectivity index (χ0) is 46.7. The standard InChI is InChI=1S/C64H42N4O2/c1-3-5-19-40(4-2)43-34-36-54-52(39-43)47-26-12-14-31-53(47)68(54)55-37-35-48(59-50-27-13-15-32-56(50)69-61(55)59)49-29-17-30-51-58-46(28-18-33-57(58)70-60(49)51)44-24-16-25-45(38-44)64-66-62(41-20-8-6-9-21-41)65-63(67-64)42-22-10-7-11-23-42/h3-39H,1H2,2H3/b19-5-,40-4+. The van der Waals surface area contributed by atoms with Crippen LogP contribution in [0, 0.1) is 0 Å². The van der Waals surface area contributed by atoms with E-state index in [0.29, 0.717) is 17.5 Å². The van der Waals surface area contributed by atoms with E-state index in [1.165, 1.54) is 10.8 Å². The zero-order valence-corrected chi connectivity index (χ0v) is 38.2. The van der Waals surface area contributed by atoms with Crippen LogP contribution in [0.25, 0.3) is 133 Å². The summed E-state index contributed by atoms with van der Waals surface area (Å²) < 4.78 is 16.3. The van der Waals surface area contributed by atoms with Gasteiger partial charge in [0.1, 0.15) is 16.7 Å². The molecule has 4 heterocycles. The Morgan fingerprint density at radius 1 is 0.457 bits per heavy atom. The van der Waals surface area contributed by atoms with Crippen molar-refractivity contribution in [2.75, 3.05) is 0 Å². The van der Waals surface area contributed by atoms with E-state index >= 15 is 0 Å². The molecule has 0 bridgehead atoms. The van der Waals surface area contributed by atoms with Gasteiger partial charge < -0.3 is 13.4 Å². The van der Waals surface area contributed by atoms with Gasteiger partial charge >= 0.3 is 0 Å². The molecule has 13 rings (SSSR count). The van der Waals surface area contributed by atoms with E-state index in [9.17, 15) is 0 Å². The molecule has 0 aliphatic heterocycles. The van der Waals surface area contributed by atoms with Gasteiger partial charge in [0.25, 0.3) is 0 Å². The number of hydrogen-bond donors (Lipinski definition) is 0. The van der Waals surface area contributed by atoms with Crippen LogP contribution >= 0.6 is 0 Å². The van der Waals surface area contributed by atoms with Crippen molar-refractivity contribution >= 4 is 71.3 Å². The number of hydrogen-bond acceptors (Lipinski definition) is 5. The number of benzene rings is 9. The molecule has 0 atom stereocenters. The average Bonchev–Trinajstić information content (AvgIpc) is 4.12. The summed E-state index contributed by atoms with van der Waals surface area (Å²) in [4.78, 5) is 15.0. The van der Waals surface area contributed by atoms with E-state index in [0.717, 1.165) is 111 Å². The van der Waals surface area contributed by atoms with Crippen molar-refractivity contribution in [3.63, 3.8) is 0 Å². The first-order valence-electron chi connectivity index (χ1n) is 23.5. The molecule has 4 aromatic heterocycles. The summed E-state index contributed by atoms with van der Waals surface area (Å²) in [6, 6.07) is 69.5. The summed E-state index contributed by atoms with van der Waals surface area (Å²) >= 11 is 0. The molecule has 13 aromatic rings. The first kappa shape index (κ1) is 40.8. The highest BCUT2D eigenvalue weighted by Gasteiger charge is 2.24. The Morgan fingerprint density at radius 3 is 1.83 bits per heavy atom. The van der Waals surface area contributed by atoms with Crippen LogP contribution in [0.2, 0.25) is 0 Å². The predicted molar refractivity (Wildman–Crippen MR) is 289 cm³/mol. The summed E-state index contributed by atoms with van der Waals surface area (Å²) in [5.74, 6) is 1.85. The maximum Gasteiger partial charge on any atom is 0.164 e. The van der Waals surface area contributed by atoms with Crippen LogP contribution < -0.4 is 0 Å². The molecule has 0 saturated heterocycles. The summed E-state index contributed by atoms with van der Waals surface area (Å²) in [5.41, 5.74) is 15.6. The van der Waals surface area contributed by atoms with E-state index in [-0.39, 0.29) is 0 Å². The van der Waals surface area contributed by atoms with Crippen LogP contribution in [0.3, 0.4) is 0 Å². The minimum atomic E-state index is 0.603. The fourth-order valence-electron chi connectivity index (χ4n) is 10.2. The van der Waals surface area contributed by atoms with Gasteiger partial charge in [-0.15, -0.1) is 0 Å². The second-order valence-corrected chi connectivity index (χ2v) is 17.4.